The van der Waals surface area contributed by atoms with Crippen molar-refractivity contribution in [3.63, 3.8) is 0 Å². The standard InChI is InChI=1S/C15H27FN2O3/c1-14(2,3)21-13(19)18-12(10-20-15(18,4)5)7-6-11(16)8-9-17/h6,12H,7-10,17H2,1-5H3/b11-6-/t12-/m0/s1. The fourth-order valence-corrected chi connectivity index (χ4v) is 2.24. The van der Waals surface area contributed by atoms with Crippen molar-refractivity contribution in [3.05, 3.63) is 11.9 Å². The van der Waals surface area contributed by atoms with E-state index in [-0.39, 0.29) is 24.8 Å². The van der Waals surface area contributed by atoms with Crippen molar-refractivity contribution in [3.8, 4) is 0 Å². The summed E-state index contributed by atoms with van der Waals surface area (Å²) in [4.78, 5) is 13.9. The van der Waals surface area contributed by atoms with Crippen LogP contribution in [-0.4, -0.2) is 41.5 Å². The number of amides is 1. The molecule has 0 aromatic heterocycles. The van der Waals surface area contributed by atoms with E-state index >= 15 is 0 Å². The molecule has 0 aromatic rings. The van der Waals surface area contributed by atoms with E-state index in [0.29, 0.717) is 13.0 Å². The van der Waals surface area contributed by atoms with Gasteiger partial charge >= 0.3 is 6.09 Å². The first-order valence-corrected chi connectivity index (χ1v) is 7.27. The van der Waals surface area contributed by atoms with Gasteiger partial charge in [0.15, 0.2) is 0 Å². The first-order valence-electron chi connectivity index (χ1n) is 7.27. The molecule has 1 aliphatic rings. The molecule has 0 unspecified atom stereocenters. The second-order valence-corrected chi connectivity index (χ2v) is 6.69. The number of hydrogen-bond acceptors (Lipinski definition) is 4. The predicted molar refractivity (Wildman–Crippen MR) is 79.4 cm³/mol. The summed E-state index contributed by atoms with van der Waals surface area (Å²) in [5, 5.41) is 0. The lowest BCUT2D eigenvalue weighted by Crippen LogP contribution is -2.49. The van der Waals surface area contributed by atoms with Crippen LogP contribution in [0.3, 0.4) is 0 Å². The zero-order chi connectivity index (χ0) is 16.3. The van der Waals surface area contributed by atoms with Crippen molar-refractivity contribution in [2.45, 2.75) is 64.8 Å². The Bertz CT molecular complexity index is 402. The highest BCUT2D eigenvalue weighted by molar-refractivity contribution is 5.69. The van der Waals surface area contributed by atoms with Crippen molar-refractivity contribution in [2.24, 2.45) is 5.73 Å². The van der Waals surface area contributed by atoms with Crippen LogP contribution in [0.4, 0.5) is 9.18 Å². The SMILES string of the molecule is CC(C)(C)OC(=O)N1[C@@H](C/C=C(\F)CCN)COC1(C)C. The van der Waals surface area contributed by atoms with Crippen molar-refractivity contribution in [1.29, 1.82) is 0 Å². The molecule has 6 heteroatoms. The Kier molecular flexibility index (Phi) is 5.75. The minimum atomic E-state index is -0.759. The predicted octanol–water partition coefficient (Wildman–Crippen LogP) is 2.95. The van der Waals surface area contributed by atoms with E-state index in [1.807, 2.05) is 20.8 Å². The summed E-state index contributed by atoms with van der Waals surface area (Å²) >= 11 is 0. The number of hydrogen-bond donors (Lipinski definition) is 1. The van der Waals surface area contributed by atoms with E-state index in [4.69, 9.17) is 15.2 Å². The highest BCUT2D eigenvalue weighted by Gasteiger charge is 2.45. The van der Waals surface area contributed by atoms with Gasteiger partial charge in [-0.05, 0) is 47.6 Å². The normalized spacial score (nSPS) is 22.5. The second-order valence-electron chi connectivity index (χ2n) is 6.69. The van der Waals surface area contributed by atoms with Crippen LogP contribution in [0.1, 0.15) is 47.5 Å². The molecule has 2 N–H and O–H groups in total. The summed E-state index contributed by atoms with van der Waals surface area (Å²) in [7, 11) is 0. The molecule has 1 heterocycles. The van der Waals surface area contributed by atoms with E-state index < -0.39 is 17.4 Å². The topological polar surface area (TPSA) is 64.8 Å². The minimum absolute atomic E-state index is 0.212. The smallest absolute Gasteiger partial charge is 0.412 e. The van der Waals surface area contributed by atoms with Crippen LogP contribution in [-0.2, 0) is 9.47 Å². The molecule has 1 fully saturated rings. The van der Waals surface area contributed by atoms with Crippen molar-refractivity contribution in [1.82, 2.24) is 4.90 Å². The Labute approximate surface area is 126 Å². The van der Waals surface area contributed by atoms with Gasteiger partial charge in [-0.25, -0.2) is 9.18 Å². The van der Waals surface area contributed by atoms with Gasteiger partial charge in [0.05, 0.1) is 18.5 Å². The van der Waals surface area contributed by atoms with Crippen LogP contribution in [0.15, 0.2) is 11.9 Å². The van der Waals surface area contributed by atoms with Gasteiger partial charge in [-0.3, -0.25) is 4.90 Å². The molecule has 0 radical (unpaired) electrons. The summed E-state index contributed by atoms with van der Waals surface area (Å²) in [5.41, 5.74) is 3.97. The monoisotopic (exact) mass is 302 g/mol. The molecule has 21 heavy (non-hydrogen) atoms. The molecular formula is C15H27FN2O3. The summed E-state index contributed by atoms with van der Waals surface area (Å²) in [6, 6.07) is -0.238. The first-order chi connectivity index (χ1) is 9.57. The van der Waals surface area contributed by atoms with Gasteiger partial charge in [0.1, 0.15) is 11.3 Å². The molecule has 1 aliphatic heterocycles. The average Bonchev–Trinajstić information content (AvgIpc) is 2.60. The zero-order valence-corrected chi connectivity index (χ0v) is 13.6. The van der Waals surface area contributed by atoms with E-state index in [2.05, 4.69) is 0 Å². The molecule has 0 saturated carbocycles. The van der Waals surface area contributed by atoms with Gasteiger partial charge < -0.3 is 15.2 Å². The molecule has 122 valence electrons. The molecule has 0 aromatic carbocycles. The van der Waals surface area contributed by atoms with Crippen LogP contribution in [0.5, 0.6) is 0 Å². The minimum Gasteiger partial charge on any atom is -0.444 e. The average molecular weight is 302 g/mol. The van der Waals surface area contributed by atoms with Crippen LogP contribution in [0.2, 0.25) is 0 Å². The van der Waals surface area contributed by atoms with Crippen molar-refractivity contribution in [2.75, 3.05) is 13.2 Å². The Balaban J connectivity index is 2.79. The van der Waals surface area contributed by atoms with Gasteiger partial charge in [0.2, 0.25) is 0 Å². The van der Waals surface area contributed by atoms with Gasteiger partial charge in [-0.2, -0.15) is 0 Å². The lowest BCUT2D eigenvalue weighted by molar-refractivity contribution is -0.0623. The van der Waals surface area contributed by atoms with Gasteiger partial charge in [-0.15, -0.1) is 0 Å². The highest BCUT2D eigenvalue weighted by Crippen LogP contribution is 2.31. The van der Waals surface area contributed by atoms with Crippen LogP contribution >= 0.6 is 0 Å². The molecule has 1 rings (SSSR count). The van der Waals surface area contributed by atoms with E-state index in [1.165, 1.54) is 6.08 Å². The molecule has 1 atom stereocenters. The number of nitrogens with zero attached hydrogens (tertiary/aromatic N) is 1. The molecular weight excluding hydrogens is 275 g/mol. The van der Waals surface area contributed by atoms with Crippen LogP contribution in [0.25, 0.3) is 0 Å². The molecule has 5 nitrogen and oxygen atoms in total. The largest absolute Gasteiger partial charge is 0.444 e. The number of halogens is 1. The quantitative estimate of drug-likeness (QED) is 0.867. The van der Waals surface area contributed by atoms with E-state index in [0.717, 1.165) is 0 Å². The maximum atomic E-state index is 13.5. The molecule has 0 aliphatic carbocycles. The Morgan fingerprint density at radius 1 is 1.52 bits per heavy atom. The third-order valence-electron chi connectivity index (χ3n) is 3.16. The maximum Gasteiger partial charge on any atom is 0.412 e. The van der Waals surface area contributed by atoms with Gasteiger partial charge in [-0.1, -0.05) is 6.08 Å². The molecule has 1 amide bonds. The van der Waals surface area contributed by atoms with Gasteiger partial charge in [0.25, 0.3) is 0 Å². The summed E-state index contributed by atoms with van der Waals surface area (Å²) in [6.45, 7) is 9.66. The Morgan fingerprint density at radius 2 is 2.14 bits per heavy atom. The summed E-state index contributed by atoms with van der Waals surface area (Å²) in [6.07, 6.45) is 1.63. The Morgan fingerprint density at radius 3 is 2.67 bits per heavy atom. The van der Waals surface area contributed by atoms with Gasteiger partial charge in [0, 0.05) is 6.42 Å². The summed E-state index contributed by atoms with van der Waals surface area (Å²) in [5.74, 6) is -0.258. The van der Waals surface area contributed by atoms with Crippen molar-refractivity contribution >= 4 is 6.09 Å². The van der Waals surface area contributed by atoms with Crippen molar-refractivity contribution < 1.29 is 18.7 Å². The zero-order valence-electron chi connectivity index (χ0n) is 13.6. The highest BCUT2D eigenvalue weighted by atomic mass is 19.1. The fraction of sp³-hybridized carbons (Fsp3) is 0.800. The molecule has 0 spiro atoms. The van der Waals surface area contributed by atoms with E-state index in [9.17, 15) is 9.18 Å². The van der Waals surface area contributed by atoms with Crippen LogP contribution < -0.4 is 5.73 Å². The number of carbonyl (C=O) groups excluding carboxylic acids is 1. The number of carbonyl (C=O) groups is 1. The summed E-state index contributed by atoms with van der Waals surface area (Å²) < 4.78 is 24.5. The third-order valence-corrected chi connectivity index (χ3v) is 3.16. The number of rotatable bonds is 4. The molecule has 0 bridgehead atoms. The fourth-order valence-electron chi connectivity index (χ4n) is 2.24. The molecule has 1 saturated heterocycles. The first kappa shape index (κ1) is 17.9. The van der Waals surface area contributed by atoms with E-state index in [1.54, 1.807) is 18.7 Å². The Hall–Kier alpha value is -1.14. The lowest BCUT2D eigenvalue weighted by atomic mass is 10.1. The number of nitrogens with two attached hydrogens (primary N) is 1. The second kappa shape index (κ2) is 6.75. The van der Waals surface area contributed by atoms with Crippen LogP contribution in [0, 0.1) is 0 Å². The number of ether oxygens (including phenoxy) is 2. The maximum absolute atomic E-state index is 13.5. The lowest BCUT2D eigenvalue weighted by Gasteiger charge is -2.34. The third kappa shape index (κ3) is 5.28.